The van der Waals surface area contributed by atoms with Crippen LogP contribution in [0.25, 0.3) is 0 Å². The Morgan fingerprint density at radius 1 is 0.553 bits per heavy atom. The second-order valence-corrected chi connectivity index (χ2v) is 30.7. The van der Waals surface area contributed by atoms with Crippen LogP contribution in [-0.2, 0) is 22.1 Å². The van der Waals surface area contributed by atoms with Gasteiger partial charge in [0.1, 0.15) is 5.75 Å². The molecular weight excluding hydrogens is 517 g/mol. The van der Waals surface area contributed by atoms with Crippen molar-refractivity contribution >= 4 is 25.0 Å². The first kappa shape index (κ1) is 35.6. The van der Waals surface area contributed by atoms with E-state index in [0.717, 1.165) is 5.75 Å². The van der Waals surface area contributed by atoms with Crippen LogP contribution in [-0.4, -0.2) is 25.0 Å². The molecule has 1 aromatic carbocycles. The molecule has 0 aromatic heterocycles. The highest BCUT2D eigenvalue weighted by Gasteiger charge is 2.46. The van der Waals surface area contributed by atoms with Gasteiger partial charge in [0.05, 0.1) is 13.2 Å². The third kappa shape index (κ3) is 7.86. The van der Waals surface area contributed by atoms with Gasteiger partial charge in [0, 0.05) is 0 Å². The van der Waals surface area contributed by atoms with Gasteiger partial charge in [-0.1, -0.05) is 110 Å². The molecule has 1 rings (SSSR count). The molecule has 0 unspecified atom stereocenters. The highest BCUT2D eigenvalue weighted by molar-refractivity contribution is 6.78. The van der Waals surface area contributed by atoms with Crippen LogP contribution in [0.15, 0.2) is 18.2 Å². The van der Waals surface area contributed by atoms with Crippen LogP contribution in [0.1, 0.15) is 115 Å². The van der Waals surface area contributed by atoms with Gasteiger partial charge in [0.2, 0.25) is 25.0 Å². The third-order valence-corrected chi connectivity index (χ3v) is 26.1. The molecule has 38 heavy (non-hydrogen) atoms. The van der Waals surface area contributed by atoms with Gasteiger partial charge in [-0.15, -0.1) is 0 Å². The van der Waals surface area contributed by atoms with Crippen molar-refractivity contribution in [2.45, 2.75) is 168 Å². The van der Waals surface area contributed by atoms with Crippen molar-refractivity contribution in [3.63, 3.8) is 0 Å². The zero-order valence-electron chi connectivity index (χ0n) is 28.3. The molecule has 0 aliphatic heterocycles. The van der Waals surface area contributed by atoms with Gasteiger partial charge in [0.25, 0.3) is 0 Å². The third-order valence-electron chi connectivity index (χ3n) is 9.60. The predicted molar refractivity (Wildman–Crippen MR) is 176 cm³/mol. The number of hydrogen-bond donors (Lipinski definition) is 0. The van der Waals surface area contributed by atoms with Crippen molar-refractivity contribution < 1.29 is 13.3 Å². The van der Waals surface area contributed by atoms with E-state index in [1.54, 1.807) is 0 Å². The second kappa shape index (κ2) is 13.5. The van der Waals surface area contributed by atoms with Gasteiger partial charge in [-0.3, -0.25) is 0 Å². The second-order valence-electron chi connectivity index (χ2n) is 15.1. The Hall–Kier alpha value is -0.409. The van der Waals surface area contributed by atoms with Gasteiger partial charge in [-0.2, -0.15) is 0 Å². The summed E-state index contributed by atoms with van der Waals surface area (Å²) in [6.07, 6.45) is 0. The van der Waals surface area contributed by atoms with Gasteiger partial charge < -0.3 is 13.3 Å². The van der Waals surface area contributed by atoms with E-state index in [9.17, 15) is 0 Å². The molecule has 0 amide bonds. The molecule has 3 nitrogen and oxygen atoms in total. The molecule has 0 N–H and O–H groups in total. The SMILES string of the molecule is CC(C)[Si](OCc1cc(CO[Si](C(C)C)(C(C)C)C(C)C)cc(O[Si](C)(C)C(C)(C)C)c1)(C(C)C)C(C)C. The number of benzene rings is 1. The molecular formula is C32H64O3Si3. The van der Waals surface area contributed by atoms with E-state index in [1.807, 2.05) is 0 Å². The molecule has 6 heteroatoms. The minimum Gasteiger partial charge on any atom is -0.543 e. The summed E-state index contributed by atoms with van der Waals surface area (Å²) >= 11 is 0. The lowest BCUT2D eigenvalue weighted by molar-refractivity contribution is 0.260. The van der Waals surface area contributed by atoms with E-state index in [0.29, 0.717) is 46.5 Å². The lowest BCUT2D eigenvalue weighted by atomic mass is 10.1. The van der Waals surface area contributed by atoms with Crippen LogP contribution in [0.4, 0.5) is 0 Å². The molecule has 0 aliphatic rings. The van der Waals surface area contributed by atoms with Crippen LogP contribution < -0.4 is 4.43 Å². The number of rotatable bonds is 14. The van der Waals surface area contributed by atoms with Crippen molar-refractivity contribution in [1.82, 2.24) is 0 Å². The highest BCUT2D eigenvalue weighted by atomic mass is 28.4. The van der Waals surface area contributed by atoms with Crippen molar-refractivity contribution in [2.75, 3.05) is 0 Å². The van der Waals surface area contributed by atoms with Crippen LogP contribution in [0.5, 0.6) is 5.75 Å². The van der Waals surface area contributed by atoms with Gasteiger partial charge in [-0.05, 0) is 74.6 Å². The molecule has 0 bridgehead atoms. The predicted octanol–water partition coefficient (Wildman–Crippen LogP) is 11.5. The fourth-order valence-corrected chi connectivity index (χ4v) is 18.7. The van der Waals surface area contributed by atoms with Crippen LogP contribution in [0, 0.1) is 0 Å². The maximum absolute atomic E-state index is 7.03. The smallest absolute Gasteiger partial charge is 0.250 e. The summed E-state index contributed by atoms with van der Waals surface area (Å²) in [6.45, 7) is 41.1. The van der Waals surface area contributed by atoms with E-state index >= 15 is 0 Å². The molecule has 0 saturated heterocycles. The maximum Gasteiger partial charge on any atom is 0.250 e. The van der Waals surface area contributed by atoms with E-state index in [1.165, 1.54) is 11.1 Å². The topological polar surface area (TPSA) is 27.7 Å². The standard InChI is InChI=1S/C32H64O3Si3/c1-23(2)37(24(3)4,25(5)6)33-21-29-18-30(20-31(19-29)35-36(16,17)32(13,14)15)22-34-38(26(7)8,27(9)10)28(11)12/h18-20,23-28H,21-22H2,1-17H3. The van der Waals surface area contributed by atoms with E-state index < -0.39 is 25.0 Å². The molecule has 0 heterocycles. The summed E-state index contributed by atoms with van der Waals surface area (Å²) in [4.78, 5) is 0. The van der Waals surface area contributed by atoms with E-state index in [2.05, 4.69) is 135 Å². The molecule has 0 radical (unpaired) electrons. The lowest BCUT2D eigenvalue weighted by Crippen LogP contribution is -2.47. The Balaban J connectivity index is 3.51. The summed E-state index contributed by atoms with van der Waals surface area (Å²) in [6, 6.07) is 6.79. The fraction of sp³-hybridized carbons (Fsp3) is 0.812. The minimum absolute atomic E-state index is 0.139. The monoisotopic (exact) mass is 580 g/mol. The zero-order chi connectivity index (χ0) is 29.9. The van der Waals surface area contributed by atoms with Gasteiger partial charge in [-0.25, -0.2) is 0 Å². The first-order valence-corrected chi connectivity index (χ1v) is 22.4. The Morgan fingerprint density at radius 2 is 0.842 bits per heavy atom. The molecule has 0 atom stereocenters. The maximum atomic E-state index is 7.03. The largest absolute Gasteiger partial charge is 0.543 e. The highest BCUT2D eigenvalue weighted by Crippen LogP contribution is 2.45. The summed E-state index contributed by atoms with van der Waals surface area (Å²) in [7, 11) is -5.93. The molecule has 0 spiro atoms. The molecule has 0 aliphatic carbocycles. The summed E-state index contributed by atoms with van der Waals surface area (Å²) in [5.74, 6) is 0.980. The first-order valence-electron chi connectivity index (χ1n) is 15.2. The molecule has 0 fully saturated rings. The average molecular weight is 581 g/mol. The lowest BCUT2D eigenvalue weighted by Gasteiger charge is -2.42. The van der Waals surface area contributed by atoms with Crippen molar-refractivity contribution in [3.8, 4) is 5.75 Å². The van der Waals surface area contributed by atoms with Crippen LogP contribution in [0.2, 0.25) is 51.4 Å². The average Bonchev–Trinajstić information content (AvgIpc) is 2.71. The van der Waals surface area contributed by atoms with Crippen molar-refractivity contribution in [1.29, 1.82) is 0 Å². The Bertz CT molecular complexity index is 769. The normalized spacial score (nSPS) is 14.2. The van der Waals surface area contributed by atoms with E-state index in [4.69, 9.17) is 13.3 Å². The number of hydrogen-bond acceptors (Lipinski definition) is 3. The van der Waals surface area contributed by atoms with Gasteiger partial charge in [0.15, 0.2) is 0 Å². The molecule has 1 aromatic rings. The molecule has 0 saturated carbocycles. The first-order chi connectivity index (χ1) is 17.1. The fourth-order valence-electron chi connectivity index (χ4n) is 6.82. The van der Waals surface area contributed by atoms with Crippen molar-refractivity contribution in [2.24, 2.45) is 0 Å². The zero-order valence-corrected chi connectivity index (χ0v) is 31.3. The Kier molecular flexibility index (Phi) is 12.7. The van der Waals surface area contributed by atoms with Crippen LogP contribution in [0.3, 0.4) is 0 Å². The van der Waals surface area contributed by atoms with Crippen molar-refractivity contribution in [3.05, 3.63) is 29.3 Å². The molecule has 222 valence electrons. The summed E-state index contributed by atoms with van der Waals surface area (Å²) < 4.78 is 20.9. The van der Waals surface area contributed by atoms with Crippen LogP contribution >= 0.6 is 0 Å². The minimum atomic E-state index is -1.98. The summed E-state index contributed by atoms with van der Waals surface area (Å²) in [5, 5.41) is 0.139. The van der Waals surface area contributed by atoms with E-state index in [-0.39, 0.29) is 5.04 Å². The Morgan fingerprint density at radius 3 is 1.08 bits per heavy atom. The van der Waals surface area contributed by atoms with Gasteiger partial charge >= 0.3 is 0 Å². The Labute approximate surface area is 241 Å². The quantitative estimate of drug-likeness (QED) is 0.205. The summed E-state index contributed by atoms with van der Waals surface area (Å²) in [5.41, 5.74) is 5.80.